The molecule has 3 N–H and O–H groups in total. The maximum absolute atomic E-state index is 11.1. The van der Waals surface area contributed by atoms with Gasteiger partial charge < -0.3 is 16.0 Å². The summed E-state index contributed by atoms with van der Waals surface area (Å²) < 4.78 is 0. The zero-order chi connectivity index (χ0) is 11.1. The van der Waals surface area contributed by atoms with Crippen molar-refractivity contribution in [1.82, 2.24) is 15.2 Å². The second kappa shape index (κ2) is 3.23. The molecule has 1 saturated heterocycles. The molecule has 3 rings (SSSR count). The molecule has 0 saturated carbocycles. The van der Waals surface area contributed by atoms with E-state index in [1.54, 1.807) is 6.20 Å². The number of nitrogens with two attached hydrogens (primary N) is 1. The molecule has 2 aliphatic heterocycles. The van der Waals surface area contributed by atoms with E-state index >= 15 is 0 Å². The van der Waals surface area contributed by atoms with Crippen LogP contribution in [0.5, 0.6) is 0 Å². The molecule has 0 aliphatic carbocycles. The smallest absolute Gasteiger partial charge is 0.241 e. The SMILES string of the molecule is NC(=O)C1CN2CC=c3cccnc3=C2N1. The van der Waals surface area contributed by atoms with E-state index in [1.165, 1.54) is 0 Å². The molecular weight excluding hydrogens is 204 g/mol. The van der Waals surface area contributed by atoms with Crippen molar-refractivity contribution in [3.05, 3.63) is 28.9 Å². The van der Waals surface area contributed by atoms with E-state index in [2.05, 4.69) is 21.3 Å². The fraction of sp³-hybridized carbons (Fsp3) is 0.273. The van der Waals surface area contributed by atoms with Crippen molar-refractivity contribution in [2.75, 3.05) is 13.1 Å². The summed E-state index contributed by atoms with van der Waals surface area (Å²) in [5, 5.41) is 5.14. The molecule has 0 spiro atoms. The van der Waals surface area contributed by atoms with Crippen LogP contribution in [-0.2, 0) is 4.79 Å². The van der Waals surface area contributed by atoms with Gasteiger partial charge in [0.15, 0.2) is 0 Å². The third-order valence-corrected chi connectivity index (χ3v) is 2.97. The highest BCUT2D eigenvalue weighted by molar-refractivity contribution is 5.82. The number of carbonyl (C=O) groups is 1. The second-order valence-corrected chi connectivity index (χ2v) is 4.00. The van der Waals surface area contributed by atoms with Crippen LogP contribution >= 0.6 is 0 Å². The number of aromatic nitrogens is 1. The third-order valence-electron chi connectivity index (χ3n) is 2.97. The maximum atomic E-state index is 11.1. The Labute approximate surface area is 92.3 Å². The average Bonchev–Trinajstić information content (AvgIpc) is 2.73. The van der Waals surface area contributed by atoms with Crippen LogP contribution < -0.4 is 21.6 Å². The lowest BCUT2D eigenvalue weighted by atomic mass is 10.2. The van der Waals surface area contributed by atoms with Gasteiger partial charge in [-0.05, 0) is 6.07 Å². The number of fused-ring (bicyclic) bond motifs is 2. The van der Waals surface area contributed by atoms with Crippen molar-refractivity contribution in [2.45, 2.75) is 6.04 Å². The molecular formula is C11H12N4O. The summed E-state index contributed by atoms with van der Waals surface area (Å²) in [5.74, 6) is 0.598. The number of carbonyl (C=O) groups excluding carboxylic acids is 1. The van der Waals surface area contributed by atoms with Crippen LogP contribution in [0.15, 0.2) is 18.3 Å². The minimum absolute atomic E-state index is 0.309. The highest BCUT2D eigenvalue weighted by atomic mass is 16.1. The van der Waals surface area contributed by atoms with Gasteiger partial charge in [-0.3, -0.25) is 9.78 Å². The summed E-state index contributed by atoms with van der Waals surface area (Å²) in [4.78, 5) is 17.6. The van der Waals surface area contributed by atoms with Crippen LogP contribution in [0.25, 0.3) is 11.9 Å². The van der Waals surface area contributed by atoms with Gasteiger partial charge in [0, 0.05) is 24.5 Å². The van der Waals surface area contributed by atoms with Gasteiger partial charge in [-0.1, -0.05) is 12.1 Å². The molecule has 16 heavy (non-hydrogen) atoms. The number of nitrogens with zero attached hydrogens (tertiary/aromatic N) is 2. The second-order valence-electron chi connectivity index (χ2n) is 4.00. The molecule has 1 unspecified atom stereocenters. The van der Waals surface area contributed by atoms with Crippen molar-refractivity contribution >= 4 is 17.8 Å². The van der Waals surface area contributed by atoms with Gasteiger partial charge in [0.1, 0.15) is 17.2 Å². The van der Waals surface area contributed by atoms with E-state index in [9.17, 15) is 4.79 Å². The van der Waals surface area contributed by atoms with E-state index in [0.29, 0.717) is 6.54 Å². The van der Waals surface area contributed by atoms with Crippen molar-refractivity contribution < 1.29 is 4.79 Å². The molecule has 2 aliphatic rings. The Balaban J connectivity index is 2.15. The van der Waals surface area contributed by atoms with Gasteiger partial charge in [-0.25, -0.2) is 0 Å². The third kappa shape index (κ3) is 1.25. The first-order chi connectivity index (χ1) is 7.75. The molecule has 3 heterocycles. The first-order valence-electron chi connectivity index (χ1n) is 5.22. The lowest BCUT2D eigenvalue weighted by molar-refractivity contribution is -0.119. The average molecular weight is 216 g/mol. The molecule has 1 amide bonds. The summed E-state index contributed by atoms with van der Waals surface area (Å²) >= 11 is 0. The number of nitrogens with one attached hydrogen (secondary N) is 1. The van der Waals surface area contributed by atoms with Crippen LogP contribution in [0, 0.1) is 0 Å². The summed E-state index contributed by atoms with van der Waals surface area (Å²) in [5.41, 5.74) is 5.30. The first kappa shape index (κ1) is 9.21. The Morgan fingerprint density at radius 2 is 2.50 bits per heavy atom. The molecule has 0 aromatic carbocycles. The predicted octanol–water partition coefficient (Wildman–Crippen LogP) is -2.30. The van der Waals surface area contributed by atoms with Crippen LogP contribution in [0.2, 0.25) is 0 Å². The summed E-state index contributed by atoms with van der Waals surface area (Å²) in [6.07, 6.45) is 3.86. The van der Waals surface area contributed by atoms with E-state index in [4.69, 9.17) is 5.73 Å². The van der Waals surface area contributed by atoms with Gasteiger partial charge in [0.2, 0.25) is 5.91 Å². The highest BCUT2D eigenvalue weighted by Gasteiger charge is 2.30. The standard InChI is InChI=1S/C11H12N4O/c12-10(16)8-6-15-5-3-7-2-1-4-13-9(7)11(15)14-8/h1-4,8,14H,5-6H2,(H2,12,16). The van der Waals surface area contributed by atoms with Crippen LogP contribution in [0.4, 0.5) is 0 Å². The Morgan fingerprint density at radius 1 is 1.62 bits per heavy atom. The normalized spacial score (nSPS) is 21.9. The van der Waals surface area contributed by atoms with E-state index in [-0.39, 0.29) is 11.9 Å². The summed E-state index contributed by atoms with van der Waals surface area (Å²) in [6, 6.07) is 3.62. The Morgan fingerprint density at radius 3 is 3.31 bits per heavy atom. The van der Waals surface area contributed by atoms with Gasteiger partial charge in [-0.2, -0.15) is 0 Å². The van der Waals surface area contributed by atoms with Gasteiger partial charge in [-0.15, -0.1) is 0 Å². The fourth-order valence-corrected chi connectivity index (χ4v) is 2.15. The van der Waals surface area contributed by atoms with Gasteiger partial charge in [0.25, 0.3) is 0 Å². The largest absolute Gasteiger partial charge is 0.368 e. The van der Waals surface area contributed by atoms with Gasteiger partial charge >= 0.3 is 0 Å². The Bertz CT molecular complexity index is 566. The Kier molecular flexibility index (Phi) is 1.86. The van der Waals surface area contributed by atoms with Crippen LogP contribution in [-0.4, -0.2) is 34.9 Å². The lowest BCUT2D eigenvalue weighted by Gasteiger charge is -2.19. The molecule has 1 atom stereocenters. The predicted molar refractivity (Wildman–Crippen MR) is 59.1 cm³/mol. The molecule has 1 aromatic rings. The van der Waals surface area contributed by atoms with Crippen molar-refractivity contribution in [1.29, 1.82) is 0 Å². The lowest BCUT2D eigenvalue weighted by Crippen LogP contribution is -2.42. The Hall–Kier alpha value is -2.04. The molecule has 5 nitrogen and oxygen atoms in total. The number of rotatable bonds is 1. The summed E-state index contributed by atoms with van der Waals surface area (Å²) in [6.45, 7) is 1.42. The minimum Gasteiger partial charge on any atom is -0.368 e. The molecule has 5 heteroatoms. The molecule has 1 fully saturated rings. The minimum atomic E-state index is -0.320. The number of primary amides is 1. The summed E-state index contributed by atoms with van der Waals surface area (Å²) in [7, 11) is 0. The maximum Gasteiger partial charge on any atom is 0.241 e. The molecule has 82 valence electrons. The molecule has 1 aromatic heterocycles. The zero-order valence-corrected chi connectivity index (χ0v) is 8.68. The zero-order valence-electron chi connectivity index (χ0n) is 8.68. The van der Waals surface area contributed by atoms with E-state index < -0.39 is 0 Å². The van der Waals surface area contributed by atoms with E-state index in [1.807, 2.05) is 12.1 Å². The topological polar surface area (TPSA) is 71.2 Å². The van der Waals surface area contributed by atoms with E-state index in [0.717, 1.165) is 22.9 Å². The number of pyridine rings is 1. The number of hydrogen-bond acceptors (Lipinski definition) is 4. The highest BCUT2D eigenvalue weighted by Crippen LogP contribution is 2.12. The van der Waals surface area contributed by atoms with Gasteiger partial charge in [0.05, 0.1) is 0 Å². The van der Waals surface area contributed by atoms with Crippen LogP contribution in [0.3, 0.4) is 0 Å². The van der Waals surface area contributed by atoms with Crippen molar-refractivity contribution in [2.24, 2.45) is 5.73 Å². The fourth-order valence-electron chi connectivity index (χ4n) is 2.15. The number of amides is 1. The molecule has 0 radical (unpaired) electrons. The monoisotopic (exact) mass is 216 g/mol. The van der Waals surface area contributed by atoms with Crippen molar-refractivity contribution in [3.63, 3.8) is 0 Å². The first-order valence-corrected chi connectivity index (χ1v) is 5.22. The molecule has 0 bridgehead atoms. The van der Waals surface area contributed by atoms with Crippen molar-refractivity contribution in [3.8, 4) is 0 Å². The number of hydrogen-bond donors (Lipinski definition) is 2. The van der Waals surface area contributed by atoms with Crippen LogP contribution in [0.1, 0.15) is 0 Å². The quantitative estimate of drug-likeness (QED) is 0.554.